The average molecular weight is 120 g/mol. The molecule has 0 aromatic carbocycles. The normalized spacial score (nSPS) is 10.1. The highest BCUT2D eigenvalue weighted by Crippen LogP contribution is 2.08. The molecule has 1 heterocycles. The highest BCUT2D eigenvalue weighted by molar-refractivity contribution is 5.06. The minimum absolute atomic E-state index is 0.516. The Morgan fingerprint density at radius 3 is 2.67 bits per heavy atom. The lowest BCUT2D eigenvalue weighted by Crippen LogP contribution is -1.89. The van der Waals surface area contributed by atoms with Gasteiger partial charge in [0, 0.05) is 5.69 Å². The smallest absolute Gasteiger partial charge is 0.0889 e. The van der Waals surface area contributed by atoms with E-state index in [0.717, 1.165) is 5.69 Å². The van der Waals surface area contributed by atoms with Crippen LogP contribution < -0.4 is 0 Å². The first kappa shape index (κ1) is 6.27. The molecule has 1 radical (unpaired) electrons. The molecule has 0 saturated carbocycles. The Balaban J connectivity index is 2.85. The van der Waals surface area contributed by atoms with Gasteiger partial charge in [0.05, 0.1) is 6.20 Å². The van der Waals surface area contributed by atoms with E-state index in [1.54, 1.807) is 0 Å². The van der Waals surface area contributed by atoms with Crippen molar-refractivity contribution in [2.24, 2.45) is 0 Å². The van der Waals surface area contributed by atoms with Crippen molar-refractivity contribution in [3.63, 3.8) is 0 Å². The monoisotopic (exact) mass is 120 g/mol. The van der Waals surface area contributed by atoms with Gasteiger partial charge in [0.15, 0.2) is 0 Å². The predicted octanol–water partition coefficient (Wildman–Crippen LogP) is 2.01. The first-order valence-corrected chi connectivity index (χ1v) is 3.13. The van der Waals surface area contributed by atoms with E-state index >= 15 is 0 Å². The lowest BCUT2D eigenvalue weighted by molar-refractivity contribution is 0.821. The van der Waals surface area contributed by atoms with Gasteiger partial charge in [-0.3, -0.25) is 4.98 Å². The third kappa shape index (κ3) is 1.53. The molecule has 0 saturated heterocycles. The van der Waals surface area contributed by atoms with Crippen molar-refractivity contribution in [3.05, 3.63) is 30.1 Å². The van der Waals surface area contributed by atoms with Crippen LogP contribution in [0.15, 0.2) is 18.2 Å². The highest BCUT2D eigenvalue weighted by Gasteiger charge is 1.95. The van der Waals surface area contributed by atoms with Crippen molar-refractivity contribution >= 4 is 0 Å². The SMILES string of the molecule is CC(C)c1ccc[c]n1. The lowest BCUT2D eigenvalue weighted by atomic mass is 10.1. The second-order valence-corrected chi connectivity index (χ2v) is 2.35. The lowest BCUT2D eigenvalue weighted by Gasteiger charge is -1.99. The molecule has 0 aliphatic carbocycles. The van der Waals surface area contributed by atoms with E-state index in [1.165, 1.54) is 0 Å². The third-order valence-corrected chi connectivity index (χ3v) is 1.22. The number of hydrogen-bond acceptors (Lipinski definition) is 1. The number of aromatic nitrogens is 1. The summed E-state index contributed by atoms with van der Waals surface area (Å²) in [6, 6.07) is 5.79. The number of rotatable bonds is 1. The van der Waals surface area contributed by atoms with Crippen LogP contribution in [-0.2, 0) is 0 Å². The quantitative estimate of drug-likeness (QED) is 0.552. The van der Waals surface area contributed by atoms with Crippen molar-refractivity contribution in [1.29, 1.82) is 0 Å². The number of nitrogens with zero attached hydrogens (tertiary/aromatic N) is 1. The van der Waals surface area contributed by atoms with Crippen molar-refractivity contribution in [2.45, 2.75) is 19.8 Å². The molecule has 1 nitrogen and oxygen atoms in total. The van der Waals surface area contributed by atoms with Gasteiger partial charge in [0.1, 0.15) is 0 Å². The fraction of sp³-hybridized carbons (Fsp3) is 0.375. The molecule has 0 bridgehead atoms. The predicted molar refractivity (Wildman–Crippen MR) is 37.2 cm³/mol. The third-order valence-electron chi connectivity index (χ3n) is 1.22. The van der Waals surface area contributed by atoms with E-state index in [2.05, 4.69) is 25.0 Å². The minimum Gasteiger partial charge on any atom is -0.251 e. The Bertz CT molecular complexity index is 167. The Labute approximate surface area is 55.7 Å². The van der Waals surface area contributed by atoms with Crippen molar-refractivity contribution < 1.29 is 0 Å². The van der Waals surface area contributed by atoms with Gasteiger partial charge in [-0.05, 0) is 18.1 Å². The molecule has 9 heavy (non-hydrogen) atoms. The van der Waals surface area contributed by atoms with Crippen LogP contribution in [-0.4, -0.2) is 4.98 Å². The highest BCUT2D eigenvalue weighted by atomic mass is 14.7. The van der Waals surface area contributed by atoms with Gasteiger partial charge in [-0.25, -0.2) is 0 Å². The zero-order chi connectivity index (χ0) is 6.69. The van der Waals surface area contributed by atoms with Gasteiger partial charge in [-0.2, -0.15) is 0 Å². The van der Waals surface area contributed by atoms with E-state index in [9.17, 15) is 0 Å². The zero-order valence-corrected chi connectivity index (χ0v) is 5.76. The van der Waals surface area contributed by atoms with Crippen LogP contribution in [0.3, 0.4) is 0 Å². The molecular formula is C8H10N. The molecule has 47 valence electrons. The molecule has 0 unspecified atom stereocenters. The van der Waals surface area contributed by atoms with Crippen molar-refractivity contribution in [2.75, 3.05) is 0 Å². The fourth-order valence-electron chi connectivity index (χ4n) is 0.660. The van der Waals surface area contributed by atoms with Crippen LogP contribution in [0.2, 0.25) is 0 Å². The standard InChI is InChI=1S/C8H10N/c1-7(2)8-5-3-4-6-9-8/h3-5,7H,1-2H3. The summed E-state index contributed by atoms with van der Waals surface area (Å²) in [6.45, 7) is 4.24. The maximum absolute atomic E-state index is 4.05. The molecular weight excluding hydrogens is 110 g/mol. The molecule has 1 rings (SSSR count). The second kappa shape index (κ2) is 2.62. The Kier molecular flexibility index (Phi) is 1.83. The van der Waals surface area contributed by atoms with E-state index in [4.69, 9.17) is 0 Å². The summed E-state index contributed by atoms with van der Waals surface area (Å²) >= 11 is 0. The van der Waals surface area contributed by atoms with Gasteiger partial charge < -0.3 is 0 Å². The Morgan fingerprint density at radius 2 is 2.33 bits per heavy atom. The molecule has 1 aromatic rings. The minimum atomic E-state index is 0.516. The van der Waals surface area contributed by atoms with E-state index in [0.29, 0.717) is 5.92 Å². The summed E-state index contributed by atoms with van der Waals surface area (Å²) in [5.41, 5.74) is 1.11. The molecule has 0 N–H and O–H groups in total. The molecule has 0 atom stereocenters. The van der Waals surface area contributed by atoms with E-state index in [1.807, 2.05) is 18.2 Å². The number of pyridine rings is 1. The molecule has 0 amide bonds. The van der Waals surface area contributed by atoms with Crippen LogP contribution in [0.4, 0.5) is 0 Å². The molecule has 1 heteroatoms. The van der Waals surface area contributed by atoms with Crippen LogP contribution in [0.5, 0.6) is 0 Å². The van der Waals surface area contributed by atoms with Crippen LogP contribution in [0.1, 0.15) is 25.5 Å². The van der Waals surface area contributed by atoms with E-state index in [-0.39, 0.29) is 0 Å². The summed E-state index contributed by atoms with van der Waals surface area (Å²) in [7, 11) is 0. The molecule has 0 aliphatic rings. The largest absolute Gasteiger partial charge is 0.251 e. The van der Waals surface area contributed by atoms with Crippen molar-refractivity contribution in [3.8, 4) is 0 Å². The van der Waals surface area contributed by atoms with Crippen LogP contribution in [0.25, 0.3) is 0 Å². The molecule has 0 spiro atoms. The van der Waals surface area contributed by atoms with Crippen molar-refractivity contribution in [1.82, 2.24) is 4.98 Å². The molecule has 1 aromatic heterocycles. The number of hydrogen-bond donors (Lipinski definition) is 0. The van der Waals surface area contributed by atoms with E-state index < -0.39 is 0 Å². The molecule has 0 aliphatic heterocycles. The summed E-state index contributed by atoms with van der Waals surface area (Å²) in [5, 5.41) is 0. The summed E-state index contributed by atoms with van der Waals surface area (Å²) in [6.07, 6.45) is 2.79. The first-order valence-electron chi connectivity index (χ1n) is 3.13. The average Bonchev–Trinajstić information content (AvgIpc) is 1.90. The summed E-state index contributed by atoms with van der Waals surface area (Å²) in [5.74, 6) is 0.516. The van der Waals surface area contributed by atoms with Gasteiger partial charge in [0.25, 0.3) is 0 Å². The van der Waals surface area contributed by atoms with Gasteiger partial charge in [-0.1, -0.05) is 19.9 Å². The Morgan fingerprint density at radius 1 is 1.56 bits per heavy atom. The maximum atomic E-state index is 4.05. The topological polar surface area (TPSA) is 12.9 Å². The summed E-state index contributed by atoms with van der Waals surface area (Å²) in [4.78, 5) is 4.05. The second-order valence-electron chi connectivity index (χ2n) is 2.35. The van der Waals surface area contributed by atoms with Gasteiger partial charge in [0.2, 0.25) is 0 Å². The summed E-state index contributed by atoms with van der Waals surface area (Å²) < 4.78 is 0. The van der Waals surface area contributed by atoms with Gasteiger partial charge in [-0.15, -0.1) is 0 Å². The maximum Gasteiger partial charge on any atom is 0.0889 e. The molecule has 0 fully saturated rings. The fourth-order valence-corrected chi connectivity index (χ4v) is 0.660. The van der Waals surface area contributed by atoms with Crippen LogP contribution >= 0.6 is 0 Å². The van der Waals surface area contributed by atoms with Gasteiger partial charge >= 0.3 is 0 Å². The Hall–Kier alpha value is -0.850. The first-order chi connectivity index (χ1) is 4.30. The zero-order valence-electron chi connectivity index (χ0n) is 5.76. The van der Waals surface area contributed by atoms with Crippen LogP contribution in [0, 0.1) is 6.20 Å².